The van der Waals surface area contributed by atoms with Crippen LogP contribution in [0.15, 0.2) is 267 Å². The molecule has 78 heavy (non-hydrogen) atoms. The largest absolute Gasteiger partial charge is 0.333 e. The minimum Gasteiger partial charge on any atom is -0.333 e. The molecule has 0 saturated carbocycles. The Kier molecular flexibility index (Phi) is 9.15. The van der Waals surface area contributed by atoms with E-state index in [0.29, 0.717) is 5.95 Å². The van der Waals surface area contributed by atoms with Crippen LogP contribution in [0.2, 0.25) is 0 Å². The Morgan fingerprint density at radius 3 is 1.46 bits per heavy atom. The fourth-order valence-electron chi connectivity index (χ4n) is 13.3. The Hall–Kier alpha value is -10.3. The van der Waals surface area contributed by atoms with Crippen LogP contribution in [0.5, 0.6) is 0 Å². The first kappa shape index (κ1) is 43.0. The molecule has 6 heteroatoms. The van der Waals surface area contributed by atoms with Crippen LogP contribution in [-0.4, -0.2) is 29.7 Å². The third kappa shape index (κ3) is 6.31. The number of hydrogen-bond donors (Lipinski definition) is 0. The van der Waals surface area contributed by atoms with Crippen LogP contribution in [0, 0.1) is 0 Å². The maximum Gasteiger partial charge on any atom is 0.235 e. The highest BCUT2D eigenvalue weighted by Crippen LogP contribution is 2.50. The van der Waals surface area contributed by atoms with E-state index in [4.69, 9.17) is 9.97 Å². The Bertz CT molecular complexity index is 4930. The second-order valence-corrected chi connectivity index (χ2v) is 20.9. The molecule has 0 saturated heterocycles. The highest BCUT2D eigenvalue weighted by molar-refractivity contribution is 6.26. The van der Waals surface area contributed by atoms with E-state index in [1.807, 2.05) is 0 Å². The maximum atomic E-state index is 5.62. The van der Waals surface area contributed by atoms with Gasteiger partial charge in [-0.15, -0.1) is 0 Å². The predicted octanol–water partition coefficient (Wildman–Crippen LogP) is 18.1. The Balaban J connectivity index is 0.961. The van der Waals surface area contributed by atoms with Gasteiger partial charge in [-0.25, -0.2) is 9.97 Å². The van der Waals surface area contributed by atoms with Gasteiger partial charge in [0.25, 0.3) is 0 Å². The van der Waals surface area contributed by atoms with Crippen LogP contribution in [0.1, 0.15) is 11.5 Å². The normalized spacial score (nSPS) is 15.1. The number of aromatic nitrogens is 5. The lowest BCUT2D eigenvalue weighted by Crippen LogP contribution is -2.28. The molecular formula is C72H46N6. The fourth-order valence-corrected chi connectivity index (χ4v) is 13.3. The molecule has 2 atom stereocenters. The summed E-state index contributed by atoms with van der Waals surface area (Å²) in [5, 5.41) is 11.8. The van der Waals surface area contributed by atoms with Crippen molar-refractivity contribution in [1.82, 2.24) is 23.7 Å². The van der Waals surface area contributed by atoms with Crippen molar-refractivity contribution in [3.8, 4) is 39.8 Å². The quantitative estimate of drug-likeness (QED) is 0.167. The van der Waals surface area contributed by atoms with E-state index in [0.717, 1.165) is 83.2 Å². The molecular weight excluding hydrogens is 949 g/mol. The molecule has 0 fully saturated rings. The lowest BCUT2D eigenvalue weighted by molar-refractivity contribution is 0.744. The Morgan fingerprint density at radius 2 is 0.821 bits per heavy atom. The molecule has 6 nitrogen and oxygen atoms in total. The minimum atomic E-state index is 0.118. The van der Waals surface area contributed by atoms with Gasteiger partial charge in [-0.05, 0) is 99.9 Å². The highest BCUT2D eigenvalue weighted by Gasteiger charge is 2.38. The van der Waals surface area contributed by atoms with Crippen molar-refractivity contribution in [2.24, 2.45) is 0 Å². The van der Waals surface area contributed by atoms with Gasteiger partial charge < -0.3 is 14.0 Å². The molecule has 5 heterocycles. The summed E-state index contributed by atoms with van der Waals surface area (Å²) < 4.78 is 7.30. The highest BCUT2D eigenvalue weighted by atomic mass is 15.2. The van der Waals surface area contributed by atoms with Gasteiger partial charge in [0, 0.05) is 60.7 Å². The van der Waals surface area contributed by atoms with E-state index >= 15 is 0 Å². The average Bonchev–Trinajstić information content (AvgIpc) is 4.23. The first-order chi connectivity index (χ1) is 38.7. The molecule has 0 spiro atoms. The summed E-state index contributed by atoms with van der Waals surface area (Å²) in [7, 11) is 0. The summed E-state index contributed by atoms with van der Waals surface area (Å²) in [5.74, 6) is 0.852. The van der Waals surface area contributed by atoms with Gasteiger partial charge in [0.1, 0.15) is 0 Å². The molecule has 17 rings (SSSR count). The van der Waals surface area contributed by atoms with E-state index in [9.17, 15) is 0 Å². The van der Waals surface area contributed by atoms with Crippen LogP contribution in [0.25, 0.3) is 127 Å². The van der Waals surface area contributed by atoms with E-state index in [1.54, 1.807) is 0 Å². The molecule has 364 valence electrons. The van der Waals surface area contributed by atoms with Crippen molar-refractivity contribution in [1.29, 1.82) is 0 Å². The van der Waals surface area contributed by atoms with Crippen molar-refractivity contribution in [3.05, 3.63) is 273 Å². The van der Waals surface area contributed by atoms with Crippen molar-refractivity contribution in [2.45, 2.75) is 12.0 Å². The van der Waals surface area contributed by atoms with Crippen LogP contribution >= 0.6 is 0 Å². The summed E-state index contributed by atoms with van der Waals surface area (Å²) in [6, 6.07) is 88.8. The van der Waals surface area contributed by atoms with Crippen LogP contribution in [0.3, 0.4) is 0 Å². The molecule has 0 amide bonds. The third-order valence-electron chi connectivity index (χ3n) is 16.7. The molecule has 15 aromatic rings. The van der Waals surface area contributed by atoms with Gasteiger partial charge >= 0.3 is 0 Å². The second kappa shape index (κ2) is 16.6. The minimum absolute atomic E-state index is 0.118. The summed E-state index contributed by atoms with van der Waals surface area (Å²) in [5.41, 5.74) is 16.3. The molecule has 11 aromatic carbocycles. The summed E-state index contributed by atoms with van der Waals surface area (Å²) in [6.07, 6.45) is 9.15. The van der Waals surface area contributed by atoms with Crippen molar-refractivity contribution < 1.29 is 0 Å². The van der Waals surface area contributed by atoms with Gasteiger partial charge in [-0.3, -0.25) is 4.57 Å². The lowest BCUT2D eigenvalue weighted by Gasteiger charge is -2.30. The molecule has 0 N–H and O–H groups in total. The topological polar surface area (TPSA) is 43.8 Å². The number of benzene rings is 11. The molecule has 0 radical (unpaired) electrons. The number of para-hydroxylation sites is 5. The number of allylic oxidation sites excluding steroid dienone is 2. The van der Waals surface area contributed by atoms with Crippen LogP contribution < -0.4 is 4.90 Å². The van der Waals surface area contributed by atoms with Crippen molar-refractivity contribution in [3.63, 3.8) is 0 Å². The molecule has 0 bridgehead atoms. The summed E-state index contributed by atoms with van der Waals surface area (Å²) in [6.45, 7) is 0. The Morgan fingerprint density at radius 1 is 0.333 bits per heavy atom. The van der Waals surface area contributed by atoms with Crippen LogP contribution in [0.4, 0.5) is 11.4 Å². The number of rotatable bonds is 6. The van der Waals surface area contributed by atoms with E-state index in [-0.39, 0.29) is 12.0 Å². The first-order valence-corrected chi connectivity index (χ1v) is 26.9. The van der Waals surface area contributed by atoms with Gasteiger partial charge in [0.15, 0.2) is 0 Å². The molecule has 4 aromatic heterocycles. The predicted molar refractivity (Wildman–Crippen MR) is 324 cm³/mol. The van der Waals surface area contributed by atoms with Gasteiger partial charge in [-0.1, -0.05) is 194 Å². The van der Waals surface area contributed by atoms with Gasteiger partial charge in [0.2, 0.25) is 5.95 Å². The zero-order chi connectivity index (χ0) is 51.0. The zero-order valence-electron chi connectivity index (χ0n) is 42.2. The van der Waals surface area contributed by atoms with Gasteiger partial charge in [-0.2, -0.15) is 0 Å². The van der Waals surface area contributed by atoms with Gasteiger partial charge in [0.05, 0.1) is 61.9 Å². The Labute approximate surface area is 448 Å². The number of anilines is 2. The van der Waals surface area contributed by atoms with E-state index in [1.165, 1.54) is 54.6 Å². The number of nitrogens with zero attached hydrogens (tertiary/aromatic N) is 6. The van der Waals surface area contributed by atoms with Crippen LogP contribution in [-0.2, 0) is 0 Å². The standard InChI is InChI=1S/C72H46N6/c1-3-19-47-39-49(35-33-45(47)17-1)61-44-62(50-36-34-46-18-2-4-20-48(46)40-50)74-72(73-61)78-67-31-15-9-25-58(67)59-37-38-69-70(71(59)78)60-26-10-16-32-68(60)77(69)53-42-51(75-63-27-11-5-21-54(63)55-22-6-12-28-64(55)75)41-52(43-53)76-65-29-13-7-23-56(65)57-24-8-14-30-66(57)76/h1-44,54,63H. The van der Waals surface area contributed by atoms with Crippen molar-refractivity contribution in [2.75, 3.05) is 4.90 Å². The van der Waals surface area contributed by atoms with Crippen molar-refractivity contribution >= 4 is 98.3 Å². The average molecular weight is 995 g/mol. The summed E-state index contributed by atoms with van der Waals surface area (Å²) in [4.78, 5) is 13.8. The molecule has 2 aliphatic rings. The summed E-state index contributed by atoms with van der Waals surface area (Å²) >= 11 is 0. The molecule has 1 aliphatic heterocycles. The number of hydrogen-bond acceptors (Lipinski definition) is 3. The first-order valence-electron chi connectivity index (χ1n) is 26.9. The second-order valence-electron chi connectivity index (χ2n) is 20.9. The fraction of sp³-hybridized carbons (Fsp3) is 0.0278. The third-order valence-corrected chi connectivity index (χ3v) is 16.7. The lowest BCUT2D eigenvalue weighted by atomic mass is 9.91. The monoisotopic (exact) mass is 994 g/mol. The maximum absolute atomic E-state index is 5.62. The molecule has 1 aliphatic carbocycles. The number of fused-ring (bicyclic) bond motifs is 15. The zero-order valence-corrected chi connectivity index (χ0v) is 42.2. The smallest absolute Gasteiger partial charge is 0.235 e. The molecule has 2 unspecified atom stereocenters. The SMILES string of the molecule is C1=CC2c3ccccc3N(c3cc(-n4c5ccccc5c5ccccc54)cc(-n4c5ccccc5c5c4ccc4c6ccccc6n(-c6nc(-c7ccc8ccccc8c7)cc(-c7ccc8ccccc8c7)n6)c45)c3)C2C=C1. The van der Waals surface area contributed by atoms with E-state index < -0.39 is 0 Å². The van der Waals surface area contributed by atoms with E-state index in [2.05, 4.69) is 286 Å².